The highest BCUT2D eigenvalue weighted by atomic mass is 16.2. The molecule has 0 spiro atoms. The van der Waals surface area contributed by atoms with Crippen LogP contribution in [0.15, 0.2) is 60.7 Å². The fourth-order valence-electron chi connectivity index (χ4n) is 4.61. The largest absolute Gasteiger partial charge is 0.353 e. The number of amides is 2. The zero-order valence-electron chi connectivity index (χ0n) is 19.2. The van der Waals surface area contributed by atoms with E-state index in [1.807, 2.05) is 60.7 Å². The third kappa shape index (κ3) is 9.25. The van der Waals surface area contributed by atoms with Gasteiger partial charge in [-0.25, -0.2) is 0 Å². The first-order valence-electron chi connectivity index (χ1n) is 12.4. The monoisotopic (exact) mass is 434 g/mol. The van der Waals surface area contributed by atoms with Crippen molar-refractivity contribution in [3.05, 3.63) is 71.8 Å². The maximum atomic E-state index is 11.8. The Morgan fingerprint density at radius 3 is 1.25 bits per heavy atom. The van der Waals surface area contributed by atoms with Crippen LogP contribution in [0.5, 0.6) is 0 Å². The lowest BCUT2D eigenvalue weighted by Crippen LogP contribution is -2.37. The van der Waals surface area contributed by atoms with Gasteiger partial charge in [-0.15, -0.1) is 0 Å². The molecule has 32 heavy (non-hydrogen) atoms. The molecule has 172 valence electrons. The fraction of sp³-hybridized carbons (Fsp3) is 0.500. The van der Waals surface area contributed by atoms with Crippen molar-refractivity contribution in [2.24, 2.45) is 0 Å². The fourth-order valence-corrected chi connectivity index (χ4v) is 4.61. The molecule has 0 aromatic heterocycles. The van der Waals surface area contributed by atoms with Crippen LogP contribution < -0.4 is 10.6 Å². The summed E-state index contributed by atoms with van der Waals surface area (Å²) in [6.07, 6.45) is 13.3. The summed E-state index contributed by atoms with van der Waals surface area (Å²) in [5.41, 5.74) is 2.19. The second-order valence-corrected chi connectivity index (χ2v) is 9.13. The topological polar surface area (TPSA) is 58.2 Å². The molecule has 2 saturated carbocycles. The minimum absolute atomic E-state index is 0.165. The number of hydrogen-bond acceptors (Lipinski definition) is 2. The molecule has 2 aromatic carbocycles. The molecule has 2 aliphatic carbocycles. The van der Waals surface area contributed by atoms with E-state index in [1.54, 1.807) is 0 Å². The number of benzene rings is 2. The number of carbonyl (C=O) groups excluding carboxylic acids is 2. The zero-order chi connectivity index (χ0) is 22.4. The Balaban J connectivity index is 0.000000181. The molecule has 4 heteroatoms. The summed E-state index contributed by atoms with van der Waals surface area (Å²) in [6.45, 7) is 0. The third-order valence-electron chi connectivity index (χ3n) is 6.36. The van der Waals surface area contributed by atoms with Crippen molar-refractivity contribution >= 4 is 11.8 Å². The molecule has 0 unspecified atom stereocenters. The van der Waals surface area contributed by atoms with Crippen molar-refractivity contribution in [3.63, 3.8) is 0 Å². The first kappa shape index (κ1) is 24.0. The van der Waals surface area contributed by atoms with E-state index in [-0.39, 0.29) is 11.8 Å². The van der Waals surface area contributed by atoms with Crippen LogP contribution in [-0.4, -0.2) is 23.9 Å². The standard InChI is InChI=1S/2C14H19NO/c2*16-14(11-12-7-3-1-4-8-12)15-13-9-5-2-6-10-13/h2*1,3-4,7-8,13H,2,5-6,9-11H2,(H,15,16). The minimum atomic E-state index is 0.165. The Hall–Kier alpha value is -2.62. The summed E-state index contributed by atoms with van der Waals surface area (Å²) in [6, 6.07) is 20.7. The Labute approximate surface area is 193 Å². The molecular formula is C28H38N2O2. The van der Waals surface area contributed by atoms with E-state index in [0.717, 1.165) is 36.8 Å². The lowest BCUT2D eigenvalue weighted by molar-refractivity contribution is -0.122. The first-order valence-corrected chi connectivity index (χ1v) is 12.4. The van der Waals surface area contributed by atoms with Gasteiger partial charge >= 0.3 is 0 Å². The smallest absolute Gasteiger partial charge is 0.224 e. The molecule has 0 radical (unpaired) electrons. The Morgan fingerprint density at radius 2 is 0.906 bits per heavy atom. The highest BCUT2D eigenvalue weighted by molar-refractivity contribution is 5.79. The molecular weight excluding hydrogens is 396 g/mol. The molecule has 0 bridgehead atoms. The van der Waals surface area contributed by atoms with Crippen LogP contribution in [-0.2, 0) is 22.4 Å². The molecule has 2 N–H and O–H groups in total. The average Bonchev–Trinajstić information content (AvgIpc) is 2.82. The van der Waals surface area contributed by atoms with Crippen LogP contribution >= 0.6 is 0 Å². The summed E-state index contributed by atoms with van der Waals surface area (Å²) >= 11 is 0. The van der Waals surface area contributed by atoms with Gasteiger partial charge in [0.25, 0.3) is 0 Å². The highest BCUT2D eigenvalue weighted by Gasteiger charge is 2.16. The van der Waals surface area contributed by atoms with Gasteiger partial charge in [0.15, 0.2) is 0 Å². The predicted octanol–water partition coefficient (Wildman–Crippen LogP) is 5.36. The third-order valence-corrected chi connectivity index (χ3v) is 6.36. The van der Waals surface area contributed by atoms with Gasteiger partial charge in [-0.3, -0.25) is 9.59 Å². The summed E-state index contributed by atoms with van der Waals surface area (Å²) in [7, 11) is 0. The van der Waals surface area contributed by atoms with E-state index in [1.165, 1.54) is 38.5 Å². The number of rotatable bonds is 6. The number of nitrogens with one attached hydrogen (secondary N) is 2. The van der Waals surface area contributed by atoms with Crippen molar-refractivity contribution in [3.8, 4) is 0 Å². The Bertz CT molecular complexity index is 725. The molecule has 2 aliphatic rings. The van der Waals surface area contributed by atoms with Crippen LogP contribution in [0, 0.1) is 0 Å². The summed E-state index contributed by atoms with van der Waals surface area (Å²) in [5, 5.41) is 6.26. The first-order chi connectivity index (χ1) is 15.7. The zero-order valence-corrected chi connectivity index (χ0v) is 19.2. The molecule has 2 amide bonds. The lowest BCUT2D eigenvalue weighted by atomic mass is 9.95. The molecule has 0 aliphatic heterocycles. The highest BCUT2D eigenvalue weighted by Crippen LogP contribution is 2.18. The maximum Gasteiger partial charge on any atom is 0.224 e. The quantitative estimate of drug-likeness (QED) is 0.643. The molecule has 4 rings (SSSR count). The second kappa shape index (κ2) is 13.7. The van der Waals surface area contributed by atoms with Crippen LogP contribution in [0.3, 0.4) is 0 Å². The molecule has 2 fully saturated rings. The predicted molar refractivity (Wildman–Crippen MR) is 130 cm³/mol. The lowest BCUT2D eigenvalue weighted by Gasteiger charge is -2.22. The molecule has 0 atom stereocenters. The summed E-state index contributed by atoms with van der Waals surface area (Å²) < 4.78 is 0. The van der Waals surface area contributed by atoms with Crippen LogP contribution in [0.4, 0.5) is 0 Å². The van der Waals surface area contributed by atoms with Crippen LogP contribution in [0.25, 0.3) is 0 Å². The van der Waals surface area contributed by atoms with E-state index in [0.29, 0.717) is 24.9 Å². The van der Waals surface area contributed by atoms with Crippen molar-refractivity contribution in [2.75, 3.05) is 0 Å². The van der Waals surface area contributed by atoms with E-state index in [4.69, 9.17) is 0 Å². The van der Waals surface area contributed by atoms with E-state index in [9.17, 15) is 9.59 Å². The number of carbonyl (C=O) groups is 2. The number of hydrogen-bond donors (Lipinski definition) is 2. The van der Waals surface area contributed by atoms with Crippen LogP contribution in [0.2, 0.25) is 0 Å². The van der Waals surface area contributed by atoms with Gasteiger partial charge in [-0.1, -0.05) is 99.2 Å². The molecule has 4 nitrogen and oxygen atoms in total. The average molecular weight is 435 g/mol. The van der Waals surface area contributed by atoms with Gasteiger partial charge in [0.1, 0.15) is 0 Å². The van der Waals surface area contributed by atoms with Crippen molar-refractivity contribution in [1.29, 1.82) is 0 Å². The van der Waals surface area contributed by atoms with Gasteiger partial charge < -0.3 is 10.6 Å². The van der Waals surface area contributed by atoms with E-state index in [2.05, 4.69) is 10.6 Å². The van der Waals surface area contributed by atoms with Gasteiger partial charge in [-0.05, 0) is 36.8 Å². The van der Waals surface area contributed by atoms with Gasteiger partial charge in [-0.2, -0.15) is 0 Å². The normalized spacial score (nSPS) is 17.0. The summed E-state index contributed by atoms with van der Waals surface area (Å²) in [4.78, 5) is 23.5. The van der Waals surface area contributed by atoms with Gasteiger partial charge in [0.05, 0.1) is 12.8 Å². The second-order valence-electron chi connectivity index (χ2n) is 9.13. The van der Waals surface area contributed by atoms with E-state index >= 15 is 0 Å². The van der Waals surface area contributed by atoms with E-state index < -0.39 is 0 Å². The van der Waals surface area contributed by atoms with Gasteiger partial charge in [0, 0.05) is 12.1 Å². The molecule has 0 saturated heterocycles. The molecule has 0 heterocycles. The SMILES string of the molecule is O=C(Cc1ccccc1)NC1CCCCC1.O=C(Cc1ccccc1)NC1CCCCC1. The summed E-state index contributed by atoms with van der Waals surface area (Å²) in [5.74, 6) is 0.330. The van der Waals surface area contributed by atoms with Crippen molar-refractivity contribution in [1.82, 2.24) is 10.6 Å². The minimum Gasteiger partial charge on any atom is -0.353 e. The van der Waals surface area contributed by atoms with Gasteiger partial charge in [0.2, 0.25) is 11.8 Å². The maximum absolute atomic E-state index is 11.8. The Kier molecular flexibility index (Phi) is 10.3. The van der Waals surface area contributed by atoms with Crippen molar-refractivity contribution < 1.29 is 9.59 Å². The Morgan fingerprint density at radius 1 is 0.562 bits per heavy atom. The molecule has 2 aromatic rings. The van der Waals surface area contributed by atoms with Crippen molar-refractivity contribution in [2.45, 2.75) is 89.1 Å². The van der Waals surface area contributed by atoms with Crippen LogP contribution in [0.1, 0.15) is 75.3 Å².